The van der Waals surface area contributed by atoms with Gasteiger partial charge in [-0.3, -0.25) is 9.55 Å². The molecule has 0 aliphatic rings. The van der Waals surface area contributed by atoms with Crippen LogP contribution in [0.2, 0.25) is 0 Å². The van der Waals surface area contributed by atoms with E-state index in [0.717, 1.165) is 28.2 Å². The number of hydrogen-bond donors (Lipinski definition) is 1. The molecule has 0 unspecified atom stereocenters. The number of nitrogens with two attached hydrogens (primary N) is 1. The molecule has 0 bridgehead atoms. The van der Waals surface area contributed by atoms with E-state index in [4.69, 9.17) is 15.2 Å². The number of nitrogen functional groups attached to an aromatic ring is 1. The molecular formula is C23H21N5O4S2. The van der Waals surface area contributed by atoms with E-state index in [1.807, 2.05) is 47.9 Å². The van der Waals surface area contributed by atoms with Crippen molar-refractivity contribution in [3.05, 3.63) is 70.4 Å². The number of carbonyl (C=O) groups is 2. The van der Waals surface area contributed by atoms with Crippen LogP contribution in [0.3, 0.4) is 0 Å². The SMILES string of the molecule is COC(=O)c1sc(N)c(C(=O)OC)c1CSc1nnc(-c2ccncc2)n1-c1ccccc1C. The summed E-state index contributed by atoms with van der Waals surface area (Å²) in [5.41, 5.74) is 9.46. The van der Waals surface area contributed by atoms with Crippen molar-refractivity contribution in [1.82, 2.24) is 19.7 Å². The van der Waals surface area contributed by atoms with Crippen LogP contribution in [0, 0.1) is 6.92 Å². The number of aryl methyl sites for hydroxylation is 1. The first-order valence-electron chi connectivity index (χ1n) is 10.1. The quantitative estimate of drug-likeness (QED) is 0.297. The Balaban J connectivity index is 1.80. The van der Waals surface area contributed by atoms with Crippen molar-refractivity contribution in [3.63, 3.8) is 0 Å². The number of anilines is 1. The van der Waals surface area contributed by atoms with E-state index in [1.165, 1.54) is 26.0 Å². The summed E-state index contributed by atoms with van der Waals surface area (Å²) < 4.78 is 11.7. The maximum atomic E-state index is 12.4. The van der Waals surface area contributed by atoms with Crippen LogP contribution in [0.25, 0.3) is 17.1 Å². The van der Waals surface area contributed by atoms with Gasteiger partial charge in [0.25, 0.3) is 0 Å². The minimum Gasteiger partial charge on any atom is -0.465 e. The van der Waals surface area contributed by atoms with Gasteiger partial charge in [-0.15, -0.1) is 21.5 Å². The molecule has 0 aliphatic carbocycles. The van der Waals surface area contributed by atoms with Crippen molar-refractivity contribution < 1.29 is 19.1 Å². The molecule has 11 heteroatoms. The number of methoxy groups -OCH3 is 2. The standard InChI is InChI=1S/C23H21N5O4S2/c1-13-6-4-5-7-16(13)28-20(14-8-10-25-11-9-14)26-27-23(28)33-12-15-17(21(29)31-2)19(24)34-18(15)22(30)32-3/h4-11H,12,24H2,1-3H3. The number of pyridine rings is 1. The zero-order valence-corrected chi connectivity index (χ0v) is 20.3. The van der Waals surface area contributed by atoms with Gasteiger partial charge < -0.3 is 15.2 Å². The number of esters is 2. The molecule has 0 saturated heterocycles. The molecular weight excluding hydrogens is 474 g/mol. The van der Waals surface area contributed by atoms with Gasteiger partial charge in [0.2, 0.25) is 0 Å². The van der Waals surface area contributed by atoms with Gasteiger partial charge in [-0.1, -0.05) is 30.0 Å². The molecule has 3 aromatic heterocycles. The number of ether oxygens (including phenoxy) is 2. The lowest BCUT2D eigenvalue weighted by molar-refractivity contribution is 0.0601. The van der Waals surface area contributed by atoms with Gasteiger partial charge in [0.15, 0.2) is 11.0 Å². The number of benzene rings is 1. The third kappa shape index (κ3) is 4.39. The van der Waals surface area contributed by atoms with E-state index in [0.29, 0.717) is 16.5 Å². The molecule has 0 amide bonds. The second-order valence-electron chi connectivity index (χ2n) is 7.08. The maximum Gasteiger partial charge on any atom is 0.348 e. The molecule has 0 saturated carbocycles. The first kappa shape index (κ1) is 23.5. The van der Waals surface area contributed by atoms with Crippen molar-refractivity contribution >= 4 is 40.0 Å². The van der Waals surface area contributed by atoms with Crippen LogP contribution >= 0.6 is 23.1 Å². The van der Waals surface area contributed by atoms with Crippen LogP contribution in [-0.2, 0) is 15.2 Å². The fourth-order valence-electron chi connectivity index (χ4n) is 3.43. The zero-order valence-electron chi connectivity index (χ0n) is 18.6. The van der Waals surface area contributed by atoms with Crippen molar-refractivity contribution in [2.75, 3.05) is 20.0 Å². The van der Waals surface area contributed by atoms with Crippen LogP contribution < -0.4 is 5.73 Å². The summed E-state index contributed by atoms with van der Waals surface area (Å²) in [7, 11) is 2.55. The van der Waals surface area contributed by atoms with Crippen LogP contribution in [0.1, 0.15) is 31.2 Å². The lowest BCUT2D eigenvalue weighted by Gasteiger charge is -2.13. The van der Waals surface area contributed by atoms with E-state index in [9.17, 15) is 9.59 Å². The van der Waals surface area contributed by atoms with Crippen molar-refractivity contribution in [2.24, 2.45) is 0 Å². The molecule has 34 heavy (non-hydrogen) atoms. The predicted molar refractivity (Wildman–Crippen MR) is 130 cm³/mol. The molecule has 1 aromatic carbocycles. The van der Waals surface area contributed by atoms with Gasteiger partial charge in [0.05, 0.1) is 25.5 Å². The summed E-state index contributed by atoms with van der Waals surface area (Å²) in [6.45, 7) is 2.00. The molecule has 174 valence electrons. The number of carbonyl (C=O) groups excluding carboxylic acids is 2. The largest absolute Gasteiger partial charge is 0.465 e. The number of aromatic nitrogens is 4. The highest BCUT2D eigenvalue weighted by Crippen LogP contribution is 2.37. The highest BCUT2D eigenvalue weighted by molar-refractivity contribution is 7.98. The second kappa shape index (κ2) is 10.1. The topological polar surface area (TPSA) is 122 Å². The molecule has 0 aliphatic heterocycles. The Morgan fingerprint density at radius 3 is 2.44 bits per heavy atom. The van der Waals surface area contributed by atoms with Crippen molar-refractivity contribution in [1.29, 1.82) is 0 Å². The van der Waals surface area contributed by atoms with Gasteiger partial charge in [0, 0.05) is 29.3 Å². The molecule has 2 N–H and O–H groups in total. The molecule has 0 radical (unpaired) electrons. The smallest absolute Gasteiger partial charge is 0.348 e. The summed E-state index contributed by atoms with van der Waals surface area (Å²) >= 11 is 2.32. The number of nitrogens with zero attached hydrogens (tertiary/aromatic N) is 4. The van der Waals surface area contributed by atoms with E-state index in [2.05, 4.69) is 15.2 Å². The second-order valence-corrected chi connectivity index (χ2v) is 9.08. The summed E-state index contributed by atoms with van der Waals surface area (Å²) in [5, 5.41) is 9.62. The Hall–Kier alpha value is -3.70. The zero-order chi connectivity index (χ0) is 24.2. The maximum absolute atomic E-state index is 12.4. The van der Waals surface area contributed by atoms with Gasteiger partial charge in [-0.2, -0.15) is 0 Å². The monoisotopic (exact) mass is 495 g/mol. The lowest BCUT2D eigenvalue weighted by atomic mass is 10.1. The highest BCUT2D eigenvalue weighted by Gasteiger charge is 2.28. The summed E-state index contributed by atoms with van der Waals surface area (Å²) in [6.07, 6.45) is 3.39. The molecule has 4 aromatic rings. The van der Waals surface area contributed by atoms with Crippen LogP contribution in [0.15, 0.2) is 53.9 Å². The average molecular weight is 496 g/mol. The van der Waals surface area contributed by atoms with Gasteiger partial charge >= 0.3 is 11.9 Å². The van der Waals surface area contributed by atoms with Gasteiger partial charge in [-0.25, -0.2) is 9.59 Å². The minimum absolute atomic E-state index is 0.164. The fourth-order valence-corrected chi connectivity index (χ4v) is 5.48. The highest BCUT2D eigenvalue weighted by atomic mass is 32.2. The first-order chi connectivity index (χ1) is 16.5. The molecule has 4 rings (SSSR count). The molecule has 3 heterocycles. The number of para-hydroxylation sites is 1. The Morgan fingerprint density at radius 1 is 1.06 bits per heavy atom. The Labute approximate surface area is 203 Å². The van der Waals surface area contributed by atoms with Crippen molar-refractivity contribution in [3.8, 4) is 17.1 Å². The Bertz CT molecular complexity index is 1350. The summed E-state index contributed by atoms with van der Waals surface area (Å²) in [4.78, 5) is 29.1. The fraction of sp³-hybridized carbons (Fsp3) is 0.174. The van der Waals surface area contributed by atoms with Crippen molar-refractivity contribution in [2.45, 2.75) is 17.8 Å². The number of rotatable bonds is 7. The van der Waals surface area contributed by atoms with Crippen LogP contribution in [0.4, 0.5) is 5.00 Å². The summed E-state index contributed by atoms with van der Waals surface area (Å²) in [6, 6.07) is 11.6. The van der Waals surface area contributed by atoms with Crippen LogP contribution in [0.5, 0.6) is 0 Å². The van der Waals surface area contributed by atoms with E-state index in [-0.39, 0.29) is 21.2 Å². The van der Waals surface area contributed by atoms with Gasteiger partial charge in [-0.05, 0) is 30.7 Å². The lowest BCUT2D eigenvalue weighted by Crippen LogP contribution is -2.09. The Kier molecular flexibility index (Phi) is 6.94. The third-order valence-electron chi connectivity index (χ3n) is 5.07. The van der Waals surface area contributed by atoms with Crippen LogP contribution in [-0.4, -0.2) is 45.9 Å². The normalized spacial score (nSPS) is 10.8. The molecule has 0 fully saturated rings. The number of hydrogen-bond acceptors (Lipinski definition) is 10. The molecule has 0 atom stereocenters. The number of thiophene rings is 1. The van der Waals surface area contributed by atoms with E-state index < -0.39 is 11.9 Å². The third-order valence-corrected chi connectivity index (χ3v) is 7.07. The van der Waals surface area contributed by atoms with E-state index in [1.54, 1.807) is 12.4 Å². The minimum atomic E-state index is -0.614. The molecule has 9 nitrogen and oxygen atoms in total. The Morgan fingerprint density at radius 2 is 1.76 bits per heavy atom. The first-order valence-corrected chi connectivity index (χ1v) is 11.9. The number of thioether (sulfide) groups is 1. The van der Waals surface area contributed by atoms with Gasteiger partial charge in [0.1, 0.15) is 9.88 Å². The summed E-state index contributed by atoms with van der Waals surface area (Å²) in [5.74, 6) is -0.314. The molecule has 0 spiro atoms. The average Bonchev–Trinajstić information content (AvgIpc) is 3.43. The predicted octanol–water partition coefficient (Wildman–Crippen LogP) is 4.15. The van der Waals surface area contributed by atoms with E-state index >= 15 is 0 Å².